The summed E-state index contributed by atoms with van der Waals surface area (Å²) in [6.45, 7) is 4.43. The van der Waals surface area contributed by atoms with Gasteiger partial charge in [0.2, 0.25) is 17.7 Å². The zero-order valence-corrected chi connectivity index (χ0v) is 16.5. The van der Waals surface area contributed by atoms with E-state index in [2.05, 4.69) is 10.2 Å². The standard InChI is InChI=1S/C21H27FN4O3/c22-16-3-5-17(6-4-16)23-19(28)21(7-8-21)20(29)26-13-11-24(12-14-26)15-18(27)25-9-1-2-10-25/h3-6H,1-2,7-15H2,(H,23,28). The van der Waals surface area contributed by atoms with Crippen molar-refractivity contribution in [2.75, 3.05) is 51.1 Å². The normalized spacial score (nSPS) is 21.1. The molecule has 3 fully saturated rings. The Hall–Kier alpha value is -2.48. The number of hydrogen-bond acceptors (Lipinski definition) is 4. The van der Waals surface area contributed by atoms with E-state index in [-0.39, 0.29) is 23.5 Å². The van der Waals surface area contributed by atoms with Crippen molar-refractivity contribution in [2.24, 2.45) is 5.41 Å². The lowest BCUT2D eigenvalue weighted by Gasteiger charge is -2.36. The van der Waals surface area contributed by atoms with E-state index in [1.54, 1.807) is 4.90 Å². The number of anilines is 1. The summed E-state index contributed by atoms with van der Waals surface area (Å²) < 4.78 is 13.0. The molecular formula is C21H27FN4O3. The monoisotopic (exact) mass is 402 g/mol. The first-order valence-electron chi connectivity index (χ1n) is 10.3. The highest BCUT2D eigenvalue weighted by Gasteiger charge is 2.58. The summed E-state index contributed by atoms with van der Waals surface area (Å²) in [5, 5.41) is 2.74. The predicted octanol–water partition coefficient (Wildman–Crippen LogP) is 1.31. The SMILES string of the molecule is O=C(CN1CCN(C(=O)C2(C(=O)Nc3ccc(F)cc3)CC2)CC1)N1CCCC1. The topological polar surface area (TPSA) is 73.0 Å². The number of piperazine rings is 1. The molecule has 1 aliphatic carbocycles. The summed E-state index contributed by atoms with van der Waals surface area (Å²) in [5.74, 6) is -0.663. The number of carbonyl (C=O) groups excluding carboxylic acids is 3. The molecule has 156 valence electrons. The summed E-state index contributed by atoms with van der Waals surface area (Å²) in [5.41, 5.74) is -0.511. The van der Waals surface area contributed by atoms with Gasteiger partial charge >= 0.3 is 0 Å². The first-order valence-corrected chi connectivity index (χ1v) is 10.3. The van der Waals surface area contributed by atoms with Gasteiger partial charge in [0.15, 0.2) is 0 Å². The van der Waals surface area contributed by atoms with Crippen molar-refractivity contribution in [3.8, 4) is 0 Å². The molecule has 1 aromatic rings. The van der Waals surface area contributed by atoms with Crippen LogP contribution in [0.2, 0.25) is 0 Å². The van der Waals surface area contributed by atoms with Crippen molar-refractivity contribution in [3.05, 3.63) is 30.1 Å². The fourth-order valence-electron chi connectivity index (χ4n) is 4.12. The van der Waals surface area contributed by atoms with Gasteiger partial charge in [0.25, 0.3) is 0 Å². The van der Waals surface area contributed by atoms with Gasteiger partial charge < -0.3 is 15.1 Å². The minimum Gasteiger partial charge on any atom is -0.342 e. The lowest BCUT2D eigenvalue weighted by atomic mass is 10.0. The van der Waals surface area contributed by atoms with E-state index in [1.165, 1.54) is 24.3 Å². The number of likely N-dealkylation sites (tertiary alicyclic amines) is 1. The number of nitrogens with one attached hydrogen (secondary N) is 1. The average molecular weight is 402 g/mol. The van der Waals surface area contributed by atoms with Crippen LogP contribution in [0.5, 0.6) is 0 Å². The van der Waals surface area contributed by atoms with Crippen LogP contribution in [0.4, 0.5) is 10.1 Å². The lowest BCUT2D eigenvalue weighted by molar-refractivity contribution is -0.143. The maximum absolute atomic E-state index is 13.0. The molecule has 2 saturated heterocycles. The van der Waals surface area contributed by atoms with Gasteiger partial charge in [0.1, 0.15) is 11.2 Å². The van der Waals surface area contributed by atoms with Gasteiger partial charge in [0.05, 0.1) is 6.54 Å². The summed E-state index contributed by atoms with van der Waals surface area (Å²) in [6, 6.07) is 5.53. The number of amides is 3. The third-order valence-corrected chi connectivity index (χ3v) is 6.17. The molecule has 0 radical (unpaired) electrons. The van der Waals surface area contributed by atoms with Crippen molar-refractivity contribution in [3.63, 3.8) is 0 Å². The van der Waals surface area contributed by atoms with Crippen LogP contribution in [0.3, 0.4) is 0 Å². The van der Waals surface area contributed by atoms with E-state index in [9.17, 15) is 18.8 Å². The first kappa shape index (κ1) is 19.8. The molecule has 3 aliphatic rings. The molecule has 2 aliphatic heterocycles. The van der Waals surface area contributed by atoms with Crippen LogP contribution in [-0.2, 0) is 14.4 Å². The number of carbonyl (C=O) groups is 3. The summed E-state index contributed by atoms with van der Waals surface area (Å²) in [7, 11) is 0. The molecule has 1 aromatic carbocycles. The number of benzene rings is 1. The Labute approximate surface area is 169 Å². The Morgan fingerprint density at radius 3 is 2.10 bits per heavy atom. The summed E-state index contributed by atoms with van der Waals surface area (Å²) >= 11 is 0. The van der Waals surface area contributed by atoms with Crippen molar-refractivity contribution >= 4 is 23.4 Å². The van der Waals surface area contributed by atoms with Gasteiger partial charge in [-0.25, -0.2) is 4.39 Å². The van der Waals surface area contributed by atoms with Crippen LogP contribution in [0.15, 0.2) is 24.3 Å². The van der Waals surface area contributed by atoms with Gasteiger partial charge in [0, 0.05) is 45.0 Å². The first-order chi connectivity index (χ1) is 14.0. The van der Waals surface area contributed by atoms with Gasteiger partial charge in [-0.3, -0.25) is 19.3 Å². The molecular weight excluding hydrogens is 375 g/mol. The van der Waals surface area contributed by atoms with E-state index >= 15 is 0 Å². The second kappa shape index (κ2) is 8.10. The molecule has 3 amide bonds. The van der Waals surface area contributed by atoms with E-state index in [1.807, 2.05) is 4.90 Å². The van der Waals surface area contributed by atoms with Crippen LogP contribution in [0.1, 0.15) is 25.7 Å². The maximum atomic E-state index is 13.0. The van der Waals surface area contributed by atoms with Crippen LogP contribution in [-0.4, -0.2) is 78.2 Å². The fourth-order valence-corrected chi connectivity index (χ4v) is 4.12. The van der Waals surface area contributed by atoms with Crippen molar-refractivity contribution in [2.45, 2.75) is 25.7 Å². The molecule has 0 unspecified atom stereocenters. The number of nitrogens with zero attached hydrogens (tertiary/aromatic N) is 3. The highest BCUT2D eigenvalue weighted by molar-refractivity contribution is 6.13. The molecule has 0 aromatic heterocycles. The lowest BCUT2D eigenvalue weighted by Crippen LogP contribution is -2.54. The quantitative estimate of drug-likeness (QED) is 0.754. The van der Waals surface area contributed by atoms with E-state index < -0.39 is 5.41 Å². The Balaban J connectivity index is 1.29. The van der Waals surface area contributed by atoms with Gasteiger partial charge in [-0.1, -0.05) is 0 Å². The Kier molecular flexibility index (Phi) is 5.54. The van der Waals surface area contributed by atoms with Crippen LogP contribution >= 0.6 is 0 Å². The zero-order valence-electron chi connectivity index (χ0n) is 16.5. The fraction of sp³-hybridized carbons (Fsp3) is 0.571. The number of halogens is 1. The predicted molar refractivity (Wildman–Crippen MR) is 106 cm³/mol. The van der Waals surface area contributed by atoms with Crippen LogP contribution < -0.4 is 5.32 Å². The maximum Gasteiger partial charge on any atom is 0.240 e. The minimum absolute atomic E-state index is 0.136. The van der Waals surface area contributed by atoms with E-state index in [0.717, 1.165) is 25.9 Å². The molecule has 2 heterocycles. The smallest absolute Gasteiger partial charge is 0.240 e. The third-order valence-electron chi connectivity index (χ3n) is 6.17. The largest absolute Gasteiger partial charge is 0.342 e. The summed E-state index contributed by atoms with van der Waals surface area (Å²) in [6.07, 6.45) is 3.23. The number of hydrogen-bond donors (Lipinski definition) is 1. The van der Waals surface area contributed by atoms with Crippen molar-refractivity contribution in [1.29, 1.82) is 0 Å². The van der Waals surface area contributed by atoms with Crippen LogP contribution in [0, 0.1) is 11.2 Å². The summed E-state index contributed by atoms with van der Waals surface area (Å²) in [4.78, 5) is 43.8. The van der Waals surface area contributed by atoms with Gasteiger partial charge in [-0.05, 0) is 49.9 Å². The molecule has 0 bridgehead atoms. The van der Waals surface area contributed by atoms with E-state index in [4.69, 9.17) is 0 Å². The van der Waals surface area contributed by atoms with Crippen LogP contribution in [0.25, 0.3) is 0 Å². The molecule has 7 nitrogen and oxygen atoms in total. The van der Waals surface area contributed by atoms with Gasteiger partial charge in [-0.2, -0.15) is 0 Å². The molecule has 0 spiro atoms. The Morgan fingerprint density at radius 1 is 0.897 bits per heavy atom. The highest BCUT2D eigenvalue weighted by atomic mass is 19.1. The molecule has 1 N–H and O–H groups in total. The minimum atomic E-state index is -0.998. The molecule has 4 rings (SSSR count). The Morgan fingerprint density at radius 2 is 1.52 bits per heavy atom. The van der Waals surface area contributed by atoms with Crippen molar-refractivity contribution < 1.29 is 18.8 Å². The van der Waals surface area contributed by atoms with E-state index in [0.29, 0.717) is 51.3 Å². The molecule has 29 heavy (non-hydrogen) atoms. The Bertz CT molecular complexity index is 780. The third kappa shape index (κ3) is 4.27. The average Bonchev–Trinajstić information content (AvgIpc) is 3.36. The van der Waals surface area contributed by atoms with Gasteiger partial charge in [-0.15, -0.1) is 0 Å². The molecule has 0 atom stereocenters. The molecule has 8 heteroatoms. The molecule has 1 saturated carbocycles. The number of rotatable bonds is 5. The second-order valence-corrected chi connectivity index (χ2v) is 8.20. The zero-order chi connectivity index (χ0) is 20.4. The highest BCUT2D eigenvalue weighted by Crippen LogP contribution is 2.48. The second-order valence-electron chi connectivity index (χ2n) is 8.20. The van der Waals surface area contributed by atoms with Crippen molar-refractivity contribution in [1.82, 2.24) is 14.7 Å².